The number of hydrogen-bond acceptors (Lipinski definition) is 5. The van der Waals surface area contributed by atoms with Gasteiger partial charge in [0.1, 0.15) is 0 Å². The maximum Gasteiger partial charge on any atom is 0.225 e. The van der Waals surface area contributed by atoms with Crippen LogP contribution in [0.25, 0.3) is 0 Å². The Labute approximate surface area is 159 Å². The fourth-order valence-corrected chi connectivity index (χ4v) is 4.35. The predicted molar refractivity (Wildman–Crippen MR) is 109 cm³/mol. The molecule has 2 saturated heterocycles. The lowest BCUT2D eigenvalue weighted by Crippen LogP contribution is -2.43. The molecule has 0 unspecified atom stereocenters. The van der Waals surface area contributed by atoms with E-state index in [1.165, 1.54) is 70.1 Å². The summed E-state index contributed by atoms with van der Waals surface area (Å²) < 4.78 is 0. The molecule has 1 aromatic rings. The molecule has 2 aliphatic rings. The van der Waals surface area contributed by atoms with E-state index < -0.39 is 0 Å². The summed E-state index contributed by atoms with van der Waals surface area (Å²) in [6.07, 6.45) is 11.1. The lowest BCUT2D eigenvalue weighted by Gasteiger charge is -2.33. The third-order valence-corrected chi connectivity index (χ3v) is 6.13. The van der Waals surface area contributed by atoms with Crippen LogP contribution >= 0.6 is 0 Å². The normalized spacial score (nSPS) is 22.0. The van der Waals surface area contributed by atoms with E-state index in [0.29, 0.717) is 12.1 Å². The fourth-order valence-electron chi connectivity index (χ4n) is 4.35. The standard InChI is InChI=1S/C21H37N5/c1-4-25-14-10-19(11-15-25)23-17(2)20-16-22-21(24-18(20)3)26-12-8-6-5-7-9-13-26/h16-17,19,23H,4-15H2,1-3H3/t17-/m1/s1. The zero-order chi connectivity index (χ0) is 18.4. The number of aryl methyl sites for hydroxylation is 1. The van der Waals surface area contributed by atoms with E-state index in [4.69, 9.17) is 9.97 Å². The van der Waals surface area contributed by atoms with Gasteiger partial charge in [-0.1, -0.05) is 26.2 Å². The number of nitrogens with zero attached hydrogens (tertiary/aromatic N) is 4. The van der Waals surface area contributed by atoms with Crippen molar-refractivity contribution in [3.05, 3.63) is 17.5 Å². The fraction of sp³-hybridized carbons (Fsp3) is 0.810. The van der Waals surface area contributed by atoms with Crippen LogP contribution in [0.4, 0.5) is 5.95 Å². The lowest BCUT2D eigenvalue weighted by atomic mass is 10.0. The van der Waals surface area contributed by atoms with Gasteiger partial charge in [0.05, 0.1) is 0 Å². The van der Waals surface area contributed by atoms with Crippen molar-refractivity contribution < 1.29 is 0 Å². The molecule has 3 rings (SSSR count). The van der Waals surface area contributed by atoms with Gasteiger partial charge < -0.3 is 15.1 Å². The highest BCUT2D eigenvalue weighted by atomic mass is 15.2. The summed E-state index contributed by atoms with van der Waals surface area (Å²) in [5.74, 6) is 0.927. The molecule has 0 spiro atoms. The minimum Gasteiger partial charge on any atom is -0.341 e. The quantitative estimate of drug-likeness (QED) is 0.868. The van der Waals surface area contributed by atoms with Crippen LogP contribution in [0.15, 0.2) is 6.20 Å². The molecule has 2 aliphatic heterocycles. The van der Waals surface area contributed by atoms with Crippen molar-refractivity contribution >= 4 is 5.95 Å². The first-order chi connectivity index (χ1) is 12.7. The van der Waals surface area contributed by atoms with E-state index in [9.17, 15) is 0 Å². The molecule has 146 valence electrons. The van der Waals surface area contributed by atoms with E-state index in [2.05, 4.69) is 42.1 Å². The topological polar surface area (TPSA) is 44.3 Å². The molecule has 0 saturated carbocycles. The van der Waals surface area contributed by atoms with Crippen molar-refractivity contribution in [1.29, 1.82) is 0 Å². The zero-order valence-corrected chi connectivity index (χ0v) is 17.0. The minimum absolute atomic E-state index is 0.314. The highest BCUT2D eigenvalue weighted by molar-refractivity contribution is 5.34. The summed E-state index contributed by atoms with van der Waals surface area (Å²) in [5, 5.41) is 3.82. The highest BCUT2D eigenvalue weighted by Gasteiger charge is 2.21. The minimum atomic E-state index is 0.314. The molecular formula is C21H37N5. The van der Waals surface area contributed by atoms with Gasteiger partial charge in [0.2, 0.25) is 5.95 Å². The second kappa shape index (κ2) is 9.65. The van der Waals surface area contributed by atoms with Crippen LogP contribution in [0.5, 0.6) is 0 Å². The molecular weight excluding hydrogens is 322 g/mol. The zero-order valence-electron chi connectivity index (χ0n) is 17.0. The van der Waals surface area contributed by atoms with Gasteiger partial charge in [-0.05, 0) is 59.2 Å². The summed E-state index contributed by atoms with van der Waals surface area (Å²) in [6, 6.07) is 0.927. The smallest absolute Gasteiger partial charge is 0.225 e. The molecule has 0 aromatic carbocycles. The molecule has 0 bridgehead atoms. The van der Waals surface area contributed by atoms with E-state index in [1.807, 2.05) is 0 Å². The number of anilines is 1. The van der Waals surface area contributed by atoms with Crippen molar-refractivity contribution in [3.63, 3.8) is 0 Å². The highest BCUT2D eigenvalue weighted by Crippen LogP contribution is 2.22. The first-order valence-corrected chi connectivity index (χ1v) is 10.7. The third kappa shape index (κ3) is 5.17. The van der Waals surface area contributed by atoms with Gasteiger partial charge in [-0.25, -0.2) is 9.97 Å². The van der Waals surface area contributed by atoms with Gasteiger partial charge in [-0.15, -0.1) is 0 Å². The van der Waals surface area contributed by atoms with Crippen LogP contribution in [0, 0.1) is 6.92 Å². The molecule has 5 heteroatoms. The summed E-state index contributed by atoms with van der Waals surface area (Å²) in [6.45, 7) is 12.5. The Morgan fingerprint density at radius 2 is 1.73 bits per heavy atom. The van der Waals surface area contributed by atoms with E-state index in [1.54, 1.807) is 0 Å². The molecule has 26 heavy (non-hydrogen) atoms. The number of nitrogens with one attached hydrogen (secondary N) is 1. The molecule has 1 atom stereocenters. The largest absolute Gasteiger partial charge is 0.341 e. The molecule has 0 radical (unpaired) electrons. The molecule has 2 fully saturated rings. The Kier molecular flexibility index (Phi) is 7.26. The lowest BCUT2D eigenvalue weighted by molar-refractivity contribution is 0.200. The van der Waals surface area contributed by atoms with Crippen LogP contribution in [0.3, 0.4) is 0 Å². The maximum atomic E-state index is 4.88. The van der Waals surface area contributed by atoms with Crippen LogP contribution in [0.2, 0.25) is 0 Å². The Bertz CT molecular complexity index is 545. The van der Waals surface area contributed by atoms with Crippen molar-refractivity contribution in [2.24, 2.45) is 0 Å². The molecule has 5 nitrogen and oxygen atoms in total. The number of likely N-dealkylation sites (tertiary alicyclic amines) is 1. The molecule has 0 amide bonds. The van der Waals surface area contributed by atoms with Crippen LogP contribution in [-0.2, 0) is 0 Å². The number of piperidine rings is 1. The van der Waals surface area contributed by atoms with Crippen molar-refractivity contribution in [1.82, 2.24) is 20.2 Å². The first-order valence-electron chi connectivity index (χ1n) is 10.7. The Hall–Kier alpha value is -1.20. The second-order valence-corrected chi connectivity index (χ2v) is 8.06. The van der Waals surface area contributed by atoms with Crippen LogP contribution in [0.1, 0.15) is 76.1 Å². The number of rotatable bonds is 5. The summed E-state index contributed by atoms with van der Waals surface area (Å²) in [7, 11) is 0. The van der Waals surface area contributed by atoms with Gasteiger partial charge in [0, 0.05) is 42.6 Å². The monoisotopic (exact) mass is 359 g/mol. The van der Waals surface area contributed by atoms with Crippen LogP contribution in [-0.4, -0.2) is 53.6 Å². The van der Waals surface area contributed by atoms with E-state index >= 15 is 0 Å². The summed E-state index contributed by atoms with van der Waals surface area (Å²) >= 11 is 0. The molecule has 0 aliphatic carbocycles. The second-order valence-electron chi connectivity index (χ2n) is 8.06. The Balaban J connectivity index is 1.59. The number of aromatic nitrogens is 2. The van der Waals surface area contributed by atoms with Crippen molar-refractivity contribution in [2.45, 2.75) is 77.8 Å². The van der Waals surface area contributed by atoms with Crippen molar-refractivity contribution in [3.8, 4) is 0 Å². The summed E-state index contributed by atoms with van der Waals surface area (Å²) in [5.41, 5.74) is 2.38. The maximum absolute atomic E-state index is 4.88. The van der Waals surface area contributed by atoms with E-state index in [-0.39, 0.29) is 0 Å². The SMILES string of the molecule is CCN1CCC(N[C@H](C)c2cnc(N3CCCCCCC3)nc2C)CC1. The van der Waals surface area contributed by atoms with Gasteiger partial charge in [0.15, 0.2) is 0 Å². The van der Waals surface area contributed by atoms with Crippen molar-refractivity contribution in [2.75, 3.05) is 37.6 Å². The van der Waals surface area contributed by atoms with Gasteiger partial charge in [-0.3, -0.25) is 0 Å². The average molecular weight is 360 g/mol. The van der Waals surface area contributed by atoms with Gasteiger partial charge >= 0.3 is 0 Å². The van der Waals surface area contributed by atoms with Crippen LogP contribution < -0.4 is 10.2 Å². The Morgan fingerprint density at radius 1 is 1.08 bits per heavy atom. The predicted octanol–water partition coefficient (Wildman–Crippen LogP) is 3.69. The summed E-state index contributed by atoms with van der Waals surface area (Å²) in [4.78, 5) is 14.5. The van der Waals surface area contributed by atoms with E-state index in [0.717, 1.165) is 24.7 Å². The third-order valence-electron chi connectivity index (χ3n) is 6.13. The Morgan fingerprint density at radius 3 is 2.35 bits per heavy atom. The average Bonchev–Trinajstić information content (AvgIpc) is 2.62. The first kappa shape index (κ1) is 19.6. The molecule has 3 heterocycles. The number of hydrogen-bond donors (Lipinski definition) is 1. The molecule has 1 aromatic heterocycles. The van der Waals surface area contributed by atoms with Gasteiger partial charge in [0.25, 0.3) is 0 Å². The van der Waals surface area contributed by atoms with Gasteiger partial charge in [-0.2, -0.15) is 0 Å². The molecule has 1 N–H and O–H groups in total.